The maximum Gasteiger partial charge on any atom is 0.416 e. The van der Waals surface area contributed by atoms with Gasteiger partial charge in [-0.1, -0.05) is 12.1 Å². The van der Waals surface area contributed by atoms with Gasteiger partial charge in [-0.15, -0.1) is 11.8 Å². The van der Waals surface area contributed by atoms with Gasteiger partial charge in [-0.05, 0) is 42.7 Å². The standard InChI is InChI=1S/C18H20F3N3S/c19-18(20,21)14-5-8-23-17(11-14)24-9-6-16(7-10-24)25-15-3-1-13(12-22)2-4-15/h1-5,8,11,16H,6-7,9-10,12,22H2. The number of hydrogen-bond acceptors (Lipinski definition) is 4. The second-order valence-corrected chi connectivity index (χ2v) is 7.43. The fraction of sp³-hybridized carbons (Fsp3) is 0.389. The van der Waals surface area contributed by atoms with E-state index in [2.05, 4.69) is 17.1 Å². The zero-order valence-corrected chi connectivity index (χ0v) is 14.5. The third kappa shape index (κ3) is 4.67. The average Bonchev–Trinajstić information content (AvgIpc) is 2.62. The molecule has 1 aliphatic rings. The molecule has 3 rings (SSSR count). The van der Waals surface area contributed by atoms with Crippen LogP contribution in [0.1, 0.15) is 24.0 Å². The smallest absolute Gasteiger partial charge is 0.357 e. The predicted octanol–water partition coefficient (Wildman–Crippen LogP) is 4.32. The summed E-state index contributed by atoms with van der Waals surface area (Å²) >= 11 is 1.82. The van der Waals surface area contributed by atoms with Crippen molar-refractivity contribution in [2.75, 3.05) is 18.0 Å². The molecular formula is C18H20F3N3S. The van der Waals surface area contributed by atoms with Crippen molar-refractivity contribution in [3.8, 4) is 0 Å². The lowest BCUT2D eigenvalue weighted by Gasteiger charge is -2.32. The van der Waals surface area contributed by atoms with Crippen molar-refractivity contribution in [1.82, 2.24) is 4.98 Å². The van der Waals surface area contributed by atoms with E-state index in [-0.39, 0.29) is 0 Å². The van der Waals surface area contributed by atoms with Crippen molar-refractivity contribution in [3.63, 3.8) is 0 Å². The van der Waals surface area contributed by atoms with Crippen LogP contribution in [0.5, 0.6) is 0 Å². The number of halogens is 3. The molecule has 0 saturated carbocycles. The Morgan fingerprint density at radius 3 is 2.40 bits per heavy atom. The van der Waals surface area contributed by atoms with Crippen LogP contribution in [0, 0.1) is 0 Å². The van der Waals surface area contributed by atoms with Gasteiger partial charge in [0.1, 0.15) is 5.82 Å². The SMILES string of the molecule is NCc1ccc(SC2CCN(c3cc(C(F)(F)F)ccn3)CC2)cc1. The molecule has 3 nitrogen and oxygen atoms in total. The number of anilines is 1. The van der Waals surface area contributed by atoms with Crippen LogP contribution in [0.15, 0.2) is 47.5 Å². The highest BCUT2D eigenvalue weighted by Gasteiger charge is 2.31. The lowest BCUT2D eigenvalue weighted by Crippen LogP contribution is -2.35. The third-order valence-electron chi connectivity index (χ3n) is 4.30. The monoisotopic (exact) mass is 367 g/mol. The van der Waals surface area contributed by atoms with Crippen LogP contribution in [0.3, 0.4) is 0 Å². The van der Waals surface area contributed by atoms with E-state index in [1.54, 1.807) is 0 Å². The summed E-state index contributed by atoms with van der Waals surface area (Å²) in [6.45, 7) is 1.97. The minimum atomic E-state index is -4.33. The van der Waals surface area contributed by atoms with E-state index >= 15 is 0 Å². The van der Waals surface area contributed by atoms with Gasteiger partial charge >= 0.3 is 6.18 Å². The number of piperidine rings is 1. The normalized spacial score (nSPS) is 16.2. The van der Waals surface area contributed by atoms with Gasteiger partial charge < -0.3 is 10.6 Å². The number of nitrogens with two attached hydrogens (primary N) is 1. The number of alkyl halides is 3. The molecule has 1 saturated heterocycles. The highest BCUT2D eigenvalue weighted by molar-refractivity contribution is 8.00. The van der Waals surface area contributed by atoms with Gasteiger partial charge in [0.25, 0.3) is 0 Å². The maximum absolute atomic E-state index is 12.8. The lowest BCUT2D eigenvalue weighted by atomic mass is 10.1. The molecule has 2 aromatic rings. The summed E-state index contributed by atoms with van der Waals surface area (Å²) < 4.78 is 38.5. The lowest BCUT2D eigenvalue weighted by molar-refractivity contribution is -0.137. The summed E-state index contributed by atoms with van der Waals surface area (Å²) in [5, 5.41) is 0.464. The number of pyridine rings is 1. The fourth-order valence-electron chi connectivity index (χ4n) is 2.87. The Morgan fingerprint density at radius 1 is 1.12 bits per heavy atom. The number of thioether (sulfide) groups is 1. The van der Waals surface area contributed by atoms with E-state index in [9.17, 15) is 13.2 Å². The first kappa shape index (κ1) is 18.1. The molecule has 1 aromatic carbocycles. The third-order valence-corrected chi connectivity index (χ3v) is 5.65. The first-order valence-electron chi connectivity index (χ1n) is 8.19. The molecule has 2 heterocycles. The van der Waals surface area contributed by atoms with E-state index in [0.717, 1.165) is 30.5 Å². The van der Waals surface area contributed by atoms with Crippen molar-refractivity contribution < 1.29 is 13.2 Å². The zero-order valence-electron chi connectivity index (χ0n) is 13.7. The number of hydrogen-bond donors (Lipinski definition) is 1. The van der Waals surface area contributed by atoms with Crippen LogP contribution in [0.25, 0.3) is 0 Å². The summed E-state index contributed by atoms with van der Waals surface area (Å²) in [7, 11) is 0. The highest BCUT2D eigenvalue weighted by Crippen LogP contribution is 2.34. The van der Waals surface area contributed by atoms with Gasteiger partial charge in [0.15, 0.2) is 0 Å². The van der Waals surface area contributed by atoms with Crippen molar-refractivity contribution >= 4 is 17.6 Å². The van der Waals surface area contributed by atoms with Gasteiger partial charge in [-0.25, -0.2) is 4.98 Å². The van der Waals surface area contributed by atoms with Crippen molar-refractivity contribution in [2.24, 2.45) is 5.73 Å². The summed E-state index contributed by atoms with van der Waals surface area (Å²) in [4.78, 5) is 7.25. The van der Waals surface area contributed by atoms with Crippen LogP contribution in [-0.2, 0) is 12.7 Å². The minimum absolute atomic E-state index is 0.408. The van der Waals surface area contributed by atoms with Crippen LogP contribution in [0.2, 0.25) is 0 Å². The zero-order chi connectivity index (χ0) is 17.9. The molecule has 2 N–H and O–H groups in total. The Bertz CT molecular complexity index is 695. The molecule has 1 aromatic heterocycles. The Balaban J connectivity index is 1.58. The molecule has 0 unspecified atom stereocenters. The molecular weight excluding hydrogens is 347 g/mol. The molecule has 0 radical (unpaired) electrons. The Hall–Kier alpha value is -1.73. The molecule has 7 heteroatoms. The second kappa shape index (κ2) is 7.66. The average molecular weight is 367 g/mol. The van der Waals surface area contributed by atoms with Gasteiger partial charge in [-0.3, -0.25) is 0 Å². The molecule has 0 aliphatic carbocycles. The predicted molar refractivity (Wildman–Crippen MR) is 94.7 cm³/mol. The van der Waals surface area contributed by atoms with Gasteiger partial charge in [-0.2, -0.15) is 13.2 Å². The molecule has 0 bridgehead atoms. The first-order chi connectivity index (χ1) is 12.0. The summed E-state index contributed by atoms with van der Waals surface area (Å²) in [6.07, 6.45) is -1.26. The van der Waals surface area contributed by atoms with Gasteiger partial charge in [0.05, 0.1) is 5.56 Å². The second-order valence-electron chi connectivity index (χ2n) is 6.05. The minimum Gasteiger partial charge on any atom is -0.357 e. The molecule has 1 fully saturated rings. The Morgan fingerprint density at radius 2 is 1.80 bits per heavy atom. The van der Waals surface area contributed by atoms with E-state index in [0.29, 0.717) is 30.7 Å². The quantitative estimate of drug-likeness (QED) is 0.874. The van der Waals surface area contributed by atoms with Crippen molar-refractivity contribution in [3.05, 3.63) is 53.7 Å². The molecule has 1 aliphatic heterocycles. The first-order valence-corrected chi connectivity index (χ1v) is 9.07. The Kier molecular flexibility index (Phi) is 5.54. The van der Waals surface area contributed by atoms with Crippen LogP contribution >= 0.6 is 11.8 Å². The number of benzene rings is 1. The topological polar surface area (TPSA) is 42.1 Å². The molecule has 0 spiro atoms. The highest BCUT2D eigenvalue weighted by atomic mass is 32.2. The van der Waals surface area contributed by atoms with Crippen LogP contribution in [0.4, 0.5) is 19.0 Å². The van der Waals surface area contributed by atoms with Crippen molar-refractivity contribution in [1.29, 1.82) is 0 Å². The summed E-state index contributed by atoms with van der Waals surface area (Å²) in [6, 6.07) is 10.4. The van der Waals surface area contributed by atoms with Crippen LogP contribution < -0.4 is 10.6 Å². The van der Waals surface area contributed by atoms with Gasteiger partial charge in [0.2, 0.25) is 0 Å². The summed E-state index contributed by atoms with van der Waals surface area (Å²) in [5.41, 5.74) is 6.07. The largest absolute Gasteiger partial charge is 0.416 e. The molecule has 25 heavy (non-hydrogen) atoms. The Labute approximate surface area is 149 Å². The van der Waals surface area contributed by atoms with Crippen LogP contribution in [-0.4, -0.2) is 23.3 Å². The number of nitrogens with zero attached hydrogens (tertiary/aromatic N) is 2. The van der Waals surface area contributed by atoms with E-state index in [1.807, 2.05) is 28.8 Å². The molecule has 0 atom stereocenters. The molecule has 0 amide bonds. The van der Waals surface area contributed by atoms with E-state index < -0.39 is 11.7 Å². The fourth-order valence-corrected chi connectivity index (χ4v) is 3.99. The van der Waals surface area contributed by atoms with Crippen molar-refractivity contribution in [2.45, 2.75) is 35.7 Å². The molecule has 134 valence electrons. The maximum atomic E-state index is 12.8. The summed E-state index contributed by atoms with van der Waals surface area (Å²) in [5.74, 6) is 0.408. The number of rotatable bonds is 4. The van der Waals surface area contributed by atoms with E-state index in [1.165, 1.54) is 11.1 Å². The van der Waals surface area contributed by atoms with E-state index in [4.69, 9.17) is 5.73 Å². The number of aromatic nitrogens is 1. The van der Waals surface area contributed by atoms with Gasteiger partial charge in [0, 0.05) is 36.0 Å².